The lowest BCUT2D eigenvalue weighted by molar-refractivity contribution is -0.118. The average Bonchev–Trinajstić information content (AvgIpc) is 3.06. The Morgan fingerprint density at radius 2 is 2.08 bits per heavy atom. The van der Waals surface area contributed by atoms with Crippen LogP contribution in [-0.4, -0.2) is 27.0 Å². The molecule has 0 unspecified atom stereocenters. The molecule has 0 saturated carbocycles. The predicted octanol–water partition coefficient (Wildman–Crippen LogP) is 2.02. The summed E-state index contributed by atoms with van der Waals surface area (Å²) in [6.07, 6.45) is 3.54. The smallest absolute Gasteiger partial charge is 0.276 e. The topological polar surface area (TPSA) is 103 Å². The molecule has 7 heteroatoms. The minimum absolute atomic E-state index is 0.0615. The highest BCUT2D eigenvalue weighted by Gasteiger charge is 2.17. The summed E-state index contributed by atoms with van der Waals surface area (Å²) < 4.78 is 1.31. The van der Waals surface area contributed by atoms with Crippen molar-refractivity contribution in [3.8, 4) is 17.3 Å². The maximum atomic E-state index is 12.9. The summed E-state index contributed by atoms with van der Waals surface area (Å²) in [5, 5.41) is 14.8. The van der Waals surface area contributed by atoms with E-state index in [1.807, 2.05) is 30.3 Å². The van der Waals surface area contributed by atoms with Gasteiger partial charge in [0, 0.05) is 30.8 Å². The number of unbranched alkanes of at least 4 members (excludes halogenated alkanes) is 1. The second-order valence-corrected chi connectivity index (χ2v) is 6.01. The van der Waals surface area contributed by atoms with Crippen molar-refractivity contribution in [2.75, 3.05) is 6.54 Å². The van der Waals surface area contributed by atoms with Gasteiger partial charge in [-0.1, -0.05) is 30.3 Å². The number of hydrogen-bond donors (Lipinski definition) is 2. The van der Waals surface area contributed by atoms with Crippen molar-refractivity contribution in [1.82, 2.24) is 19.9 Å². The van der Waals surface area contributed by atoms with Crippen LogP contribution in [0.5, 0.6) is 0 Å². The Balaban J connectivity index is 2.00. The van der Waals surface area contributed by atoms with E-state index in [1.165, 1.54) is 17.6 Å². The first-order valence-electron chi connectivity index (χ1n) is 8.45. The number of carbonyl (C=O) groups is 1. The van der Waals surface area contributed by atoms with Crippen molar-refractivity contribution in [2.45, 2.75) is 26.2 Å². The number of nitriles is 1. The van der Waals surface area contributed by atoms with Crippen LogP contribution in [-0.2, 0) is 11.2 Å². The molecular formula is C19H19N5O2. The lowest BCUT2D eigenvalue weighted by Gasteiger charge is -2.09. The minimum Gasteiger partial charge on any atom is -0.356 e. The molecule has 0 aliphatic rings. The van der Waals surface area contributed by atoms with Gasteiger partial charge in [-0.15, -0.1) is 0 Å². The normalized spacial score (nSPS) is 10.6. The third-order valence-electron chi connectivity index (χ3n) is 4.15. The Bertz CT molecular complexity index is 1030. The van der Waals surface area contributed by atoms with Gasteiger partial charge in [0.1, 0.15) is 11.6 Å². The first-order chi connectivity index (χ1) is 12.6. The van der Waals surface area contributed by atoms with E-state index < -0.39 is 0 Å². The number of nitrogens with one attached hydrogen (secondary N) is 2. The first kappa shape index (κ1) is 17.4. The molecule has 0 bridgehead atoms. The van der Waals surface area contributed by atoms with Crippen LogP contribution in [0.1, 0.15) is 30.9 Å². The Kier molecular flexibility index (Phi) is 5.13. The van der Waals surface area contributed by atoms with Crippen molar-refractivity contribution in [1.29, 1.82) is 5.26 Å². The summed E-state index contributed by atoms with van der Waals surface area (Å²) in [6, 6.07) is 11.5. The van der Waals surface area contributed by atoms with E-state index in [0.29, 0.717) is 35.4 Å². The van der Waals surface area contributed by atoms with Crippen LogP contribution in [0.25, 0.3) is 16.9 Å². The molecule has 3 aromatic rings. The lowest BCUT2D eigenvalue weighted by atomic mass is 10.0. The highest BCUT2D eigenvalue weighted by atomic mass is 16.1. The molecule has 2 aromatic heterocycles. The molecule has 26 heavy (non-hydrogen) atoms. The van der Waals surface area contributed by atoms with Crippen LogP contribution in [0.2, 0.25) is 0 Å². The molecule has 2 N–H and O–H groups in total. The zero-order valence-electron chi connectivity index (χ0n) is 14.5. The number of hydrogen-bond acceptors (Lipinski definition) is 4. The highest BCUT2D eigenvalue weighted by Crippen LogP contribution is 2.22. The Hall–Kier alpha value is -3.40. The summed E-state index contributed by atoms with van der Waals surface area (Å²) in [5.74, 6) is -0.0615. The van der Waals surface area contributed by atoms with E-state index in [1.54, 1.807) is 0 Å². The van der Waals surface area contributed by atoms with Gasteiger partial charge in [-0.05, 0) is 19.3 Å². The molecule has 0 aliphatic carbocycles. The lowest BCUT2D eigenvalue weighted by Crippen LogP contribution is -2.23. The average molecular weight is 349 g/mol. The van der Waals surface area contributed by atoms with E-state index in [2.05, 4.69) is 21.5 Å². The summed E-state index contributed by atoms with van der Waals surface area (Å²) in [4.78, 5) is 28.5. The third-order valence-corrected chi connectivity index (χ3v) is 4.15. The molecule has 7 nitrogen and oxygen atoms in total. The monoisotopic (exact) mass is 349 g/mol. The second kappa shape index (κ2) is 7.66. The molecular weight excluding hydrogens is 330 g/mol. The van der Waals surface area contributed by atoms with Crippen LogP contribution in [0, 0.1) is 11.3 Å². The second-order valence-electron chi connectivity index (χ2n) is 6.01. The van der Waals surface area contributed by atoms with Gasteiger partial charge >= 0.3 is 0 Å². The van der Waals surface area contributed by atoms with Gasteiger partial charge in [-0.3, -0.25) is 14.7 Å². The highest BCUT2D eigenvalue weighted by molar-refractivity contribution is 5.72. The maximum Gasteiger partial charge on any atom is 0.276 e. The maximum absolute atomic E-state index is 12.9. The summed E-state index contributed by atoms with van der Waals surface area (Å²) >= 11 is 0. The Labute approximate surface area is 150 Å². The number of rotatable bonds is 6. The number of benzene rings is 1. The van der Waals surface area contributed by atoms with Crippen molar-refractivity contribution in [2.24, 2.45) is 0 Å². The van der Waals surface area contributed by atoms with Gasteiger partial charge in [-0.25, -0.2) is 9.50 Å². The van der Waals surface area contributed by atoms with E-state index in [9.17, 15) is 14.9 Å². The molecule has 1 aromatic carbocycles. The van der Waals surface area contributed by atoms with Crippen molar-refractivity contribution in [3.05, 3.63) is 58.0 Å². The van der Waals surface area contributed by atoms with Crippen LogP contribution < -0.4 is 10.9 Å². The number of amides is 1. The fraction of sp³-hybridized carbons (Fsp3) is 0.263. The molecule has 132 valence electrons. The van der Waals surface area contributed by atoms with E-state index in [0.717, 1.165) is 18.4 Å². The van der Waals surface area contributed by atoms with E-state index in [-0.39, 0.29) is 11.5 Å². The standard InChI is InChI=1S/C19H19N5O2/c1-13(25)21-10-6-5-9-16-17(14-7-3-2-4-8-14)23-18-15(11-20)12-22-24(18)19(16)26/h2-4,7-8,12,22H,5-6,9-10H2,1H3,(H,21,25). The number of aromatic nitrogens is 3. The van der Waals surface area contributed by atoms with Crippen LogP contribution in [0.4, 0.5) is 0 Å². The van der Waals surface area contributed by atoms with Crippen LogP contribution in [0.15, 0.2) is 41.3 Å². The van der Waals surface area contributed by atoms with Crippen LogP contribution in [0.3, 0.4) is 0 Å². The third kappa shape index (κ3) is 3.49. The van der Waals surface area contributed by atoms with Gasteiger partial charge in [0.15, 0.2) is 5.65 Å². The molecule has 0 saturated heterocycles. The number of aromatic amines is 1. The summed E-state index contributed by atoms with van der Waals surface area (Å²) in [7, 11) is 0. The molecule has 0 radical (unpaired) electrons. The molecule has 3 rings (SSSR count). The van der Waals surface area contributed by atoms with E-state index in [4.69, 9.17) is 0 Å². The van der Waals surface area contributed by atoms with Crippen molar-refractivity contribution in [3.63, 3.8) is 0 Å². The molecule has 2 heterocycles. The molecule has 0 aliphatic heterocycles. The number of H-pyrrole nitrogens is 1. The summed E-state index contributed by atoms with van der Waals surface area (Å²) in [5.41, 5.74) is 2.51. The molecule has 0 atom stereocenters. The first-order valence-corrected chi connectivity index (χ1v) is 8.45. The minimum atomic E-state index is -0.199. The fourth-order valence-corrected chi connectivity index (χ4v) is 2.88. The van der Waals surface area contributed by atoms with Gasteiger partial charge in [-0.2, -0.15) is 5.26 Å². The van der Waals surface area contributed by atoms with Crippen LogP contribution >= 0.6 is 0 Å². The van der Waals surface area contributed by atoms with Crippen molar-refractivity contribution < 1.29 is 4.79 Å². The van der Waals surface area contributed by atoms with Crippen molar-refractivity contribution >= 4 is 11.6 Å². The van der Waals surface area contributed by atoms with Gasteiger partial charge in [0.25, 0.3) is 5.56 Å². The molecule has 0 spiro atoms. The molecule has 1 amide bonds. The van der Waals surface area contributed by atoms with Gasteiger partial charge < -0.3 is 5.32 Å². The number of nitrogens with zero attached hydrogens (tertiary/aromatic N) is 3. The predicted molar refractivity (Wildman–Crippen MR) is 97.6 cm³/mol. The number of fused-ring (bicyclic) bond motifs is 1. The largest absolute Gasteiger partial charge is 0.356 e. The Morgan fingerprint density at radius 1 is 1.31 bits per heavy atom. The summed E-state index contributed by atoms with van der Waals surface area (Å²) in [6.45, 7) is 2.06. The zero-order valence-corrected chi connectivity index (χ0v) is 14.5. The van der Waals surface area contributed by atoms with E-state index >= 15 is 0 Å². The Morgan fingerprint density at radius 3 is 2.77 bits per heavy atom. The SMILES string of the molecule is CC(=O)NCCCCc1c(-c2ccccc2)nc2c(C#N)c[nH]n2c1=O. The van der Waals surface area contributed by atoms with Gasteiger partial charge in [0.2, 0.25) is 5.91 Å². The fourth-order valence-electron chi connectivity index (χ4n) is 2.88. The zero-order chi connectivity index (χ0) is 18.5. The van der Waals surface area contributed by atoms with Gasteiger partial charge in [0.05, 0.1) is 5.69 Å². The quantitative estimate of drug-likeness (QED) is 0.665. The molecule has 0 fully saturated rings. The number of carbonyl (C=O) groups excluding carboxylic acids is 1.